The summed E-state index contributed by atoms with van der Waals surface area (Å²) in [5, 5.41) is 3.87. The highest BCUT2D eigenvalue weighted by Crippen LogP contribution is 2.39. The third kappa shape index (κ3) is 1.99. The van der Waals surface area contributed by atoms with E-state index in [9.17, 15) is 4.79 Å². The lowest BCUT2D eigenvalue weighted by atomic mass is 10.2. The van der Waals surface area contributed by atoms with Crippen molar-refractivity contribution in [3.63, 3.8) is 0 Å². The second-order valence-electron chi connectivity index (χ2n) is 4.27. The van der Waals surface area contributed by atoms with E-state index in [0.717, 1.165) is 18.1 Å². The van der Waals surface area contributed by atoms with Crippen molar-refractivity contribution in [2.75, 3.05) is 18.5 Å². The number of hydrogen-bond donors (Lipinski definition) is 1. The van der Waals surface area contributed by atoms with Crippen LogP contribution in [0.15, 0.2) is 6.07 Å². The van der Waals surface area contributed by atoms with Crippen molar-refractivity contribution in [3.8, 4) is 0 Å². The van der Waals surface area contributed by atoms with E-state index in [1.165, 1.54) is 0 Å². The van der Waals surface area contributed by atoms with Gasteiger partial charge in [0.2, 0.25) is 5.91 Å². The standard InChI is InChI=1S/C11H10Cl2N4OS/c1-14-7-2-3-17(11(7)18)10-6(13)4-5(12)8-9(10)16-19-15-8/h4,7,14H,2-3H2,1H3. The molecule has 1 aliphatic rings. The number of fused-ring (bicyclic) bond motifs is 1. The van der Waals surface area contributed by atoms with Crippen LogP contribution < -0.4 is 10.2 Å². The molecule has 19 heavy (non-hydrogen) atoms. The Labute approximate surface area is 123 Å². The molecular weight excluding hydrogens is 307 g/mol. The molecule has 8 heteroatoms. The number of rotatable bonds is 2. The summed E-state index contributed by atoms with van der Waals surface area (Å²) >= 11 is 13.4. The summed E-state index contributed by atoms with van der Waals surface area (Å²) in [6.07, 6.45) is 0.743. The topological polar surface area (TPSA) is 58.1 Å². The highest BCUT2D eigenvalue weighted by molar-refractivity contribution is 7.00. The Hall–Kier alpha value is -0.950. The first-order chi connectivity index (χ1) is 9.13. The van der Waals surface area contributed by atoms with Crippen molar-refractivity contribution in [2.24, 2.45) is 0 Å². The van der Waals surface area contributed by atoms with Crippen LogP contribution in [0.4, 0.5) is 5.69 Å². The minimum atomic E-state index is -0.173. The van der Waals surface area contributed by atoms with E-state index in [0.29, 0.717) is 33.3 Å². The quantitative estimate of drug-likeness (QED) is 0.923. The first kappa shape index (κ1) is 13.1. The van der Waals surface area contributed by atoms with Crippen LogP contribution in [-0.4, -0.2) is 34.3 Å². The van der Waals surface area contributed by atoms with Crippen LogP contribution in [0.1, 0.15) is 6.42 Å². The van der Waals surface area contributed by atoms with Gasteiger partial charge in [-0.25, -0.2) is 0 Å². The van der Waals surface area contributed by atoms with Crippen LogP contribution in [0.5, 0.6) is 0 Å². The maximum atomic E-state index is 12.3. The fourth-order valence-corrected chi connectivity index (χ4v) is 3.50. The molecule has 1 aromatic carbocycles. The van der Waals surface area contributed by atoms with Crippen LogP contribution in [0, 0.1) is 0 Å². The van der Waals surface area contributed by atoms with Crippen LogP contribution in [0.3, 0.4) is 0 Å². The van der Waals surface area contributed by atoms with Gasteiger partial charge in [-0.15, -0.1) is 0 Å². The van der Waals surface area contributed by atoms with Crippen LogP contribution in [0.25, 0.3) is 11.0 Å². The third-order valence-corrected chi connectivity index (χ3v) is 4.35. The average molecular weight is 317 g/mol. The van der Waals surface area contributed by atoms with Crippen LogP contribution in [0.2, 0.25) is 10.0 Å². The molecule has 0 saturated carbocycles. The molecule has 5 nitrogen and oxygen atoms in total. The van der Waals surface area contributed by atoms with Gasteiger partial charge >= 0.3 is 0 Å². The van der Waals surface area contributed by atoms with Crippen molar-refractivity contribution in [2.45, 2.75) is 12.5 Å². The molecule has 0 spiro atoms. The summed E-state index contributed by atoms with van der Waals surface area (Å²) in [5.74, 6) is 0.000947. The van der Waals surface area contributed by atoms with Crippen LogP contribution in [-0.2, 0) is 4.79 Å². The Morgan fingerprint density at radius 2 is 2.11 bits per heavy atom. The van der Waals surface area contributed by atoms with Gasteiger partial charge in [0, 0.05) is 6.54 Å². The molecule has 1 saturated heterocycles. The van der Waals surface area contributed by atoms with Gasteiger partial charge in [0.05, 0.1) is 33.5 Å². The summed E-state index contributed by atoms with van der Waals surface area (Å²) < 4.78 is 8.36. The Morgan fingerprint density at radius 3 is 2.79 bits per heavy atom. The van der Waals surface area contributed by atoms with E-state index >= 15 is 0 Å². The number of nitrogens with zero attached hydrogens (tertiary/aromatic N) is 3. The molecule has 2 aromatic rings. The predicted molar refractivity (Wildman–Crippen MR) is 77.3 cm³/mol. The Morgan fingerprint density at radius 1 is 1.37 bits per heavy atom. The molecule has 100 valence electrons. The lowest BCUT2D eigenvalue weighted by Crippen LogP contribution is -2.36. The number of benzene rings is 1. The molecule has 1 aliphatic heterocycles. The first-order valence-corrected chi connectivity index (χ1v) is 7.21. The van der Waals surface area contributed by atoms with E-state index in [1.54, 1.807) is 18.0 Å². The minimum Gasteiger partial charge on any atom is -0.309 e. The number of halogens is 2. The Bertz CT molecular complexity index is 659. The molecule has 1 aromatic heterocycles. The summed E-state index contributed by atoms with van der Waals surface area (Å²) in [6.45, 7) is 0.609. The van der Waals surface area contributed by atoms with Crippen molar-refractivity contribution >= 4 is 57.6 Å². The lowest BCUT2D eigenvalue weighted by Gasteiger charge is -2.18. The number of amides is 1. The molecule has 1 N–H and O–H groups in total. The van der Waals surface area contributed by atoms with Gasteiger partial charge in [-0.05, 0) is 19.5 Å². The molecule has 2 heterocycles. The van der Waals surface area contributed by atoms with Gasteiger partial charge in [0.1, 0.15) is 11.0 Å². The zero-order valence-electron chi connectivity index (χ0n) is 9.98. The molecule has 1 unspecified atom stereocenters. The summed E-state index contributed by atoms with van der Waals surface area (Å²) in [6, 6.07) is 1.44. The number of likely N-dealkylation sites (N-methyl/N-ethyl adjacent to an activating group) is 1. The maximum absolute atomic E-state index is 12.3. The molecule has 1 atom stereocenters. The Kier molecular flexibility index (Phi) is 3.34. The third-order valence-electron chi connectivity index (χ3n) is 3.24. The maximum Gasteiger partial charge on any atom is 0.244 e. The molecule has 1 fully saturated rings. The number of carbonyl (C=O) groups excluding carboxylic acids is 1. The highest BCUT2D eigenvalue weighted by Gasteiger charge is 2.34. The van der Waals surface area contributed by atoms with E-state index in [2.05, 4.69) is 14.1 Å². The molecular formula is C11H10Cl2N4OS. The van der Waals surface area contributed by atoms with Gasteiger partial charge in [-0.2, -0.15) is 8.75 Å². The van der Waals surface area contributed by atoms with E-state index in [-0.39, 0.29) is 11.9 Å². The minimum absolute atomic E-state index is 0.000947. The zero-order valence-corrected chi connectivity index (χ0v) is 12.3. The van der Waals surface area contributed by atoms with E-state index in [4.69, 9.17) is 23.2 Å². The predicted octanol–water partition coefficient (Wildman–Crippen LogP) is 2.32. The largest absolute Gasteiger partial charge is 0.309 e. The second kappa shape index (κ2) is 4.86. The van der Waals surface area contributed by atoms with Crippen LogP contribution >= 0.6 is 34.9 Å². The normalized spacial score (nSPS) is 19.6. The summed E-state index contributed by atoms with van der Waals surface area (Å²) in [4.78, 5) is 13.9. The first-order valence-electron chi connectivity index (χ1n) is 5.72. The average Bonchev–Trinajstić information content (AvgIpc) is 2.98. The monoisotopic (exact) mass is 316 g/mol. The van der Waals surface area contributed by atoms with E-state index < -0.39 is 0 Å². The van der Waals surface area contributed by atoms with Gasteiger partial charge in [0.25, 0.3) is 0 Å². The number of aromatic nitrogens is 2. The number of nitrogens with one attached hydrogen (secondary N) is 1. The van der Waals surface area contributed by atoms with Crippen molar-refractivity contribution in [1.82, 2.24) is 14.1 Å². The van der Waals surface area contributed by atoms with Gasteiger partial charge < -0.3 is 10.2 Å². The second-order valence-corrected chi connectivity index (χ2v) is 5.61. The number of hydrogen-bond acceptors (Lipinski definition) is 5. The van der Waals surface area contributed by atoms with Gasteiger partial charge in [-0.1, -0.05) is 23.2 Å². The Balaban J connectivity index is 2.16. The van der Waals surface area contributed by atoms with Gasteiger partial charge in [0.15, 0.2) is 0 Å². The number of carbonyl (C=O) groups is 1. The van der Waals surface area contributed by atoms with Crippen molar-refractivity contribution in [3.05, 3.63) is 16.1 Å². The van der Waals surface area contributed by atoms with Gasteiger partial charge in [-0.3, -0.25) is 4.79 Å². The van der Waals surface area contributed by atoms with Crippen molar-refractivity contribution in [1.29, 1.82) is 0 Å². The molecule has 3 rings (SSSR count). The van der Waals surface area contributed by atoms with E-state index in [1.807, 2.05) is 0 Å². The molecule has 0 aliphatic carbocycles. The van der Waals surface area contributed by atoms with Crippen molar-refractivity contribution < 1.29 is 4.79 Å². The fourth-order valence-electron chi connectivity index (χ4n) is 2.29. The fraction of sp³-hybridized carbons (Fsp3) is 0.364. The number of anilines is 1. The molecule has 0 bridgehead atoms. The summed E-state index contributed by atoms with van der Waals surface area (Å²) in [7, 11) is 1.77. The smallest absolute Gasteiger partial charge is 0.244 e. The molecule has 1 amide bonds. The lowest BCUT2D eigenvalue weighted by molar-refractivity contribution is -0.118. The summed E-state index contributed by atoms with van der Waals surface area (Å²) in [5.41, 5.74) is 1.79. The SMILES string of the molecule is CNC1CCN(c2c(Cl)cc(Cl)c3nsnc23)C1=O. The highest BCUT2D eigenvalue weighted by atomic mass is 35.5. The molecule has 0 radical (unpaired) electrons. The zero-order chi connectivity index (χ0) is 13.6.